The number of carbonyl (C=O) groups is 2. The average molecular weight is 488 g/mol. The molecule has 0 unspecified atom stereocenters. The molecule has 3 aromatic rings. The molecule has 0 fully saturated rings. The zero-order chi connectivity index (χ0) is 23.4. The molecule has 0 radical (unpaired) electrons. The number of benzene rings is 2. The molecular weight excluding hydrogens is 466 g/mol. The maximum absolute atomic E-state index is 12.6. The SMILES string of the molecule is C[C@@H](Sc1nnc(CCC(=O)Nc2ccccc2Cl)n1C)C(=O)Nc1ccc2c(c1)OCO2. The highest BCUT2D eigenvalue weighted by Gasteiger charge is 2.21. The zero-order valence-corrected chi connectivity index (χ0v) is 19.6. The fraction of sp³-hybridized carbons (Fsp3) is 0.273. The Labute approximate surface area is 199 Å². The van der Waals surface area contributed by atoms with Gasteiger partial charge in [-0.05, 0) is 31.2 Å². The number of anilines is 2. The molecule has 9 nitrogen and oxygen atoms in total. The molecule has 0 spiro atoms. The van der Waals surface area contributed by atoms with Gasteiger partial charge in [0.05, 0.1) is 16.0 Å². The summed E-state index contributed by atoms with van der Waals surface area (Å²) < 4.78 is 12.4. The Balaban J connectivity index is 1.30. The van der Waals surface area contributed by atoms with Crippen molar-refractivity contribution in [3.63, 3.8) is 0 Å². The molecule has 0 saturated carbocycles. The largest absolute Gasteiger partial charge is 0.454 e. The third kappa shape index (κ3) is 5.58. The van der Waals surface area contributed by atoms with Crippen molar-refractivity contribution in [1.29, 1.82) is 0 Å². The summed E-state index contributed by atoms with van der Waals surface area (Å²) in [5.74, 6) is 1.56. The smallest absolute Gasteiger partial charge is 0.237 e. The van der Waals surface area contributed by atoms with Crippen LogP contribution in [-0.4, -0.2) is 38.6 Å². The van der Waals surface area contributed by atoms with Crippen LogP contribution in [0.15, 0.2) is 47.6 Å². The Kier molecular flexibility index (Phi) is 7.05. The van der Waals surface area contributed by atoms with Crippen molar-refractivity contribution in [1.82, 2.24) is 14.8 Å². The Morgan fingerprint density at radius 1 is 1.15 bits per heavy atom. The number of para-hydroxylation sites is 1. The third-order valence-corrected chi connectivity index (χ3v) is 6.40. The number of aromatic nitrogens is 3. The van der Waals surface area contributed by atoms with E-state index in [1.54, 1.807) is 54.0 Å². The van der Waals surface area contributed by atoms with E-state index in [0.29, 0.717) is 45.3 Å². The van der Waals surface area contributed by atoms with Gasteiger partial charge in [0.1, 0.15) is 5.82 Å². The van der Waals surface area contributed by atoms with Gasteiger partial charge in [0, 0.05) is 31.6 Å². The topological polar surface area (TPSA) is 107 Å². The first-order chi connectivity index (χ1) is 15.9. The molecule has 2 heterocycles. The van der Waals surface area contributed by atoms with Crippen LogP contribution < -0.4 is 20.1 Å². The van der Waals surface area contributed by atoms with Crippen LogP contribution >= 0.6 is 23.4 Å². The predicted molar refractivity (Wildman–Crippen MR) is 126 cm³/mol. The molecule has 4 rings (SSSR count). The molecule has 1 aromatic heterocycles. The van der Waals surface area contributed by atoms with E-state index in [1.165, 1.54) is 11.8 Å². The second-order valence-corrected chi connectivity index (χ2v) is 9.02. The first-order valence-electron chi connectivity index (χ1n) is 10.2. The van der Waals surface area contributed by atoms with Gasteiger partial charge in [-0.25, -0.2) is 0 Å². The molecule has 1 aliphatic heterocycles. The summed E-state index contributed by atoms with van der Waals surface area (Å²) in [5.41, 5.74) is 1.19. The number of nitrogens with zero attached hydrogens (tertiary/aromatic N) is 3. The van der Waals surface area contributed by atoms with Crippen LogP contribution in [0.4, 0.5) is 11.4 Å². The number of fused-ring (bicyclic) bond motifs is 1. The zero-order valence-electron chi connectivity index (χ0n) is 18.0. The van der Waals surface area contributed by atoms with Crippen molar-refractivity contribution < 1.29 is 19.1 Å². The minimum atomic E-state index is -0.422. The maximum atomic E-state index is 12.6. The molecule has 33 heavy (non-hydrogen) atoms. The van der Waals surface area contributed by atoms with Gasteiger partial charge >= 0.3 is 0 Å². The Morgan fingerprint density at radius 3 is 2.76 bits per heavy atom. The van der Waals surface area contributed by atoms with E-state index in [4.69, 9.17) is 21.1 Å². The molecule has 1 aliphatic rings. The Bertz CT molecular complexity index is 1190. The summed E-state index contributed by atoms with van der Waals surface area (Å²) in [6.45, 7) is 1.97. The van der Waals surface area contributed by atoms with Crippen molar-refractivity contribution in [3.05, 3.63) is 53.3 Å². The summed E-state index contributed by atoms with van der Waals surface area (Å²) >= 11 is 7.36. The van der Waals surface area contributed by atoms with Crippen molar-refractivity contribution in [3.8, 4) is 11.5 Å². The van der Waals surface area contributed by atoms with E-state index in [0.717, 1.165) is 0 Å². The molecule has 172 valence electrons. The molecular formula is C22H22ClN5O4S. The summed E-state index contributed by atoms with van der Waals surface area (Å²) in [5, 5.41) is 14.7. The lowest BCUT2D eigenvalue weighted by Gasteiger charge is -2.12. The number of rotatable bonds is 8. The lowest BCUT2D eigenvalue weighted by molar-refractivity contribution is -0.116. The maximum Gasteiger partial charge on any atom is 0.237 e. The summed E-state index contributed by atoms with van der Waals surface area (Å²) in [7, 11) is 1.81. The number of halogens is 1. The fourth-order valence-electron chi connectivity index (χ4n) is 3.10. The van der Waals surface area contributed by atoms with Crippen molar-refractivity contribution >= 4 is 46.6 Å². The van der Waals surface area contributed by atoms with Gasteiger partial charge in [-0.1, -0.05) is 35.5 Å². The number of amides is 2. The lowest BCUT2D eigenvalue weighted by Crippen LogP contribution is -2.22. The Hall–Kier alpha value is -3.24. The number of nitrogens with one attached hydrogen (secondary N) is 2. The number of hydrogen-bond acceptors (Lipinski definition) is 7. The van der Waals surface area contributed by atoms with Gasteiger partial charge in [-0.3, -0.25) is 9.59 Å². The first-order valence-corrected chi connectivity index (χ1v) is 11.5. The normalized spacial score (nSPS) is 12.9. The van der Waals surface area contributed by atoms with E-state index in [1.807, 2.05) is 7.05 Å². The molecule has 2 N–H and O–H groups in total. The summed E-state index contributed by atoms with van der Waals surface area (Å²) in [4.78, 5) is 24.9. The van der Waals surface area contributed by atoms with Crippen LogP contribution in [0.5, 0.6) is 11.5 Å². The van der Waals surface area contributed by atoms with E-state index in [-0.39, 0.29) is 25.0 Å². The first kappa shape index (κ1) is 22.9. The van der Waals surface area contributed by atoms with E-state index < -0.39 is 5.25 Å². The van der Waals surface area contributed by atoms with Gasteiger partial charge in [0.2, 0.25) is 18.6 Å². The van der Waals surface area contributed by atoms with Crippen LogP contribution in [0.3, 0.4) is 0 Å². The molecule has 2 amide bonds. The van der Waals surface area contributed by atoms with Crippen molar-refractivity contribution in [2.45, 2.75) is 30.2 Å². The quantitative estimate of drug-likeness (QED) is 0.464. The third-order valence-electron chi connectivity index (χ3n) is 4.94. The molecule has 11 heteroatoms. The van der Waals surface area contributed by atoms with E-state index in [9.17, 15) is 9.59 Å². The standard InChI is InChI=1S/C22H22ClN5O4S/c1-13(21(30)24-14-7-8-17-18(11-14)32-12-31-17)33-22-27-26-19(28(22)2)9-10-20(29)25-16-6-4-3-5-15(16)23/h3-8,11,13H,9-10,12H2,1-2H3,(H,24,30)(H,25,29)/t13-/m1/s1. The minimum Gasteiger partial charge on any atom is -0.454 e. The van der Waals surface area contributed by atoms with Gasteiger partial charge in [0.15, 0.2) is 16.7 Å². The van der Waals surface area contributed by atoms with E-state index in [2.05, 4.69) is 20.8 Å². The highest BCUT2D eigenvalue weighted by atomic mass is 35.5. The van der Waals surface area contributed by atoms with Crippen molar-refractivity contribution in [2.24, 2.45) is 7.05 Å². The highest BCUT2D eigenvalue weighted by molar-refractivity contribution is 8.00. The van der Waals surface area contributed by atoms with Crippen LogP contribution in [0.25, 0.3) is 0 Å². The number of aryl methyl sites for hydroxylation is 1. The van der Waals surface area contributed by atoms with Gasteiger partial charge in [-0.2, -0.15) is 0 Å². The molecule has 0 saturated heterocycles. The summed E-state index contributed by atoms with van der Waals surface area (Å²) in [6, 6.07) is 12.3. The fourth-order valence-corrected chi connectivity index (χ4v) is 4.11. The molecule has 0 bridgehead atoms. The predicted octanol–water partition coefficient (Wildman–Crippen LogP) is 3.89. The lowest BCUT2D eigenvalue weighted by atomic mass is 10.2. The second kappa shape index (κ2) is 10.1. The minimum absolute atomic E-state index is 0.170. The van der Waals surface area contributed by atoms with Crippen LogP contribution in [0.1, 0.15) is 19.2 Å². The molecule has 0 aliphatic carbocycles. The monoisotopic (exact) mass is 487 g/mol. The molecule has 1 atom stereocenters. The van der Waals surface area contributed by atoms with Crippen molar-refractivity contribution in [2.75, 3.05) is 17.4 Å². The number of hydrogen-bond donors (Lipinski definition) is 2. The van der Waals surface area contributed by atoms with Crippen LogP contribution in [0.2, 0.25) is 5.02 Å². The van der Waals surface area contributed by atoms with Gasteiger partial charge in [-0.15, -0.1) is 10.2 Å². The van der Waals surface area contributed by atoms with E-state index >= 15 is 0 Å². The van der Waals surface area contributed by atoms with Crippen LogP contribution in [-0.2, 0) is 23.1 Å². The second-order valence-electron chi connectivity index (χ2n) is 7.30. The number of carbonyl (C=O) groups excluding carboxylic acids is 2. The van der Waals surface area contributed by atoms with Crippen LogP contribution in [0, 0.1) is 0 Å². The number of thioether (sulfide) groups is 1. The summed E-state index contributed by atoms with van der Waals surface area (Å²) in [6.07, 6.45) is 0.625. The highest BCUT2D eigenvalue weighted by Crippen LogP contribution is 2.34. The Morgan fingerprint density at radius 2 is 1.94 bits per heavy atom. The van der Waals surface area contributed by atoms with Gasteiger partial charge < -0.3 is 24.7 Å². The number of ether oxygens (including phenoxy) is 2. The molecule has 2 aromatic carbocycles. The average Bonchev–Trinajstić information content (AvgIpc) is 3.40. The van der Waals surface area contributed by atoms with Gasteiger partial charge in [0.25, 0.3) is 0 Å².